The molecule has 0 atom stereocenters. The Morgan fingerprint density at radius 3 is 2.81 bits per heavy atom. The Hall–Kier alpha value is -2.11. The molecule has 0 spiro atoms. The van der Waals surface area contributed by atoms with Crippen molar-refractivity contribution in [3.63, 3.8) is 0 Å². The number of tetrazole rings is 1. The van der Waals surface area contributed by atoms with Crippen molar-refractivity contribution >= 4 is 5.69 Å². The highest BCUT2D eigenvalue weighted by molar-refractivity contribution is 5.73. The van der Waals surface area contributed by atoms with E-state index in [0.29, 0.717) is 29.8 Å². The molecule has 1 saturated carbocycles. The van der Waals surface area contributed by atoms with Gasteiger partial charge in [0, 0.05) is 0 Å². The predicted molar refractivity (Wildman–Crippen MR) is 80.9 cm³/mol. The van der Waals surface area contributed by atoms with Gasteiger partial charge in [0.25, 0.3) is 0 Å². The minimum absolute atomic E-state index is 0.104. The third-order valence-corrected chi connectivity index (χ3v) is 4.17. The van der Waals surface area contributed by atoms with Crippen LogP contribution >= 0.6 is 0 Å². The fourth-order valence-corrected chi connectivity index (χ4v) is 2.74. The van der Waals surface area contributed by atoms with E-state index >= 15 is 0 Å². The van der Waals surface area contributed by atoms with E-state index in [-0.39, 0.29) is 5.54 Å². The van der Waals surface area contributed by atoms with Crippen molar-refractivity contribution in [2.75, 3.05) is 12.3 Å². The van der Waals surface area contributed by atoms with Crippen molar-refractivity contribution in [3.05, 3.63) is 18.2 Å². The number of nitrogens with two attached hydrogens (primary N) is 1. The minimum Gasteiger partial charge on any atom is -0.491 e. The van der Waals surface area contributed by atoms with E-state index in [9.17, 15) is 0 Å². The number of hydrogen-bond donors (Lipinski definition) is 1. The molecule has 0 bridgehead atoms. The Bertz CT molecular complexity index is 645. The monoisotopic (exact) mass is 287 g/mol. The Morgan fingerprint density at radius 1 is 1.38 bits per heavy atom. The van der Waals surface area contributed by atoms with E-state index in [1.165, 1.54) is 12.8 Å². The van der Waals surface area contributed by atoms with E-state index in [0.717, 1.165) is 5.56 Å². The number of nitrogens with zero attached hydrogens (tertiary/aromatic N) is 4. The fourth-order valence-electron chi connectivity index (χ4n) is 2.74. The Kier molecular flexibility index (Phi) is 3.31. The van der Waals surface area contributed by atoms with Gasteiger partial charge in [-0.05, 0) is 62.1 Å². The molecule has 0 amide bonds. The summed E-state index contributed by atoms with van der Waals surface area (Å²) in [5.41, 5.74) is 7.39. The number of hydrogen-bond acceptors (Lipinski definition) is 5. The van der Waals surface area contributed by atoms with Gasteiger partial charge in [0.15, 0.2) is 11.6 Å². The zero-order chi connectivity index (χ0) is 15.0. The SMILES string of the molecule is CCOc1c(N)cccc1-c1nnnn1C(C)(C)C1CC1. The summed E-state index contributed by atoms with van der Waals surface area (Å²) in [5, 5.41) is 12.3. The highest BCUT2D eigenvalue weighted by atomic mass is 16.5. The van der Waals surface area contributed by atoms with Crippen LogP contribution in [-0.2, 0) is 5.54 Å². The van der Waals surface area contributed by atoms with Crippen LogP contribution < -0.4 is 10.5 Å². The van der Waals surface area contributed by atoms with Gasteiger partial charge in [-0.2, -0.15) is 0 Å². The molecule has 1 aliphatic carbocycles. The molecule has 3 rings (SSSR count). The van der Waals surface area contributed by atoms with Gasteiger partial charge in [0.05, 0.1) is 23.4 Å². The van der Waals surface area contributed by atoms with Crippen LogP contribution in [0.25, 0.3) is 11.4 Å². The summed E-state index contributed by atoms with van der Waals surface area (Å²) in [7, 11) is 0. The molecular formula is C15H21N5O. The summed E-state index contributed by atoms with van der Waals surface area (Å²) < 4.78 is 7.61. The molecule has 1 fully saturated rings. The number of ether oxygens (including phenoxy) is 1. The van der Waals surface area contributed by atoms with Gasteiger partial charge in [0.2, 0.25) is 0 Å². The molecule has 1 aromatic carbocycles. The second-order valence-corrected chi connectivity index (χ2v) is 6.00. The maximum absolute atomic E-state index is 6.04. The molecule has 0 unspecified atom stereocenters. The van der Waals surface area contributed by atoms with Crippen LogP contribution in [-0.4, -0.2) is 26.8 Å². The van der Waals surface area contributed by atoms with E-state index in [1.807, 2.05) is 29.8 Å². The smallest absolute Gasteiger partial charge is 0.186 e. The highest BCUT2D eigenvalue weighted by Crippen LogP contribution is 2.45. The number of anilines is 1. The number of nitrogen functional groups attached to an aromatic ring is 1. The number of benzene rings is 1. The minimum atomic E-state index is -0.104. The van der Waals surface area contributed by atoms with Crippen molar-refractivity contribution in [3.8, 4) is 17.1 Å². The van der Waals surface area contributed by atoms with Gasteiger partial charge >= 0.3 is 0 Å². The average Bonchev–Trinajstić information content (AvgIpc) is 3.20. The first-order valence-electron chi connectivity index (χ1n) is 7.36. The zero-order valence-electron chi connectivity index (χ0n) is 12.7. The number of aromatic nitrogens is 4. The predicted octanol–water partition coefficient (Wildman–Crippen LogP) is 2.47. The lowest BCUT2D eigenvalue weighted by atomic mass is 9.98. The third-order valence-electron chi connectivity index (χ3n) is 4.17. The summed E-state index contributed by atoms with van der Waals surface area (Å²) in [4.78, 5) is 0. The quantitative estimate of drug-likeness (QED) is 0.855. The van der Waals surface area contributed by atoms with Gasteiger partial charge in [-0.25, -0.2) is 4.68 Å². The second-order valence-electron chi connectivity index (χ2n) is 6.00. The van der Waals surface area contributed by atoms with Gasteiger partial charge in [-0.15, -0.1) is 5.10 Å². The van der Waals surface area contributed by atoms with E-state index < -0.39 is 0 Å². The lowest BCUT2D eigenvalue weighted by Gasteiger charge is -2.26. The van der Waals surface area contributed by atoms with Crippen LogP contribution in [0, 0.1) is 5.92 Å². The van der Waals surface area contributed by atoms with Crippen LogP contribution in [0.1, 0.15) is 33.6 Å². The first-order valence-corrected chi connectivity index (χ1v) is 7.36. The van der Waals surface area contributed by atoms with Crippen molar-refractivity contribution in [1.29, 1.82) is 0 Å². The standard InChI is InChI=1S/C15H21N5O/c1-4-21-13-11(6-5-7-12(13)16)14-17-18-19-20(14)15(2,3)10-8-9-10/h5-7,10H,4,8-9,16H2,1-3H3. The number of para-hydroxylation sites is 1. The number of rotatable bonds is 5. The molecule has 2 N–H and O–H groups in total. The first kappa shape index (κ1) is 13.9. The molecule has 6 heteroatoms. The Morgan fingerprint density at radius 2 is 2.14 bits per heavy atom. The van der Waals surface area contributed by atoms with E-state index in [1.54, 1.807) is 0 Å². The molecule has 2 aromatic rings. The summed E-state index contributed by atoms with van der Waals surface area (Å²) in [6.45, 7) is 6.84. The Labute approximate surface area is 124 Å². The van der Waals surface area contributed by atoms with Crippen molar-refractivity contribution in [1.82, 2.24) is 20.2 Å². The first-order chi connectivity index (χ1) is 10.1. The van der Waals surface area contributed by atoms with Gasteiger partial charge in [-0.3, -0.25) is 0 Å². The van der Waals surface area contributed by atoms with Crippen LogP contribution in [0.2, 0.25) is 0 Å². The van der Waals surface area contributed by atoms with E-state index in [2.05, 4.69) is 29.4 Å². The van der Waals surface area contributed by atoms with Gasteiger partial charge in [-0.1, -0.05) is 6.07 Å². The van der Waals surface area contributed by atoms with E-state index in [4.69, 9.17) is 10.5 Å². The molecule has 1 aliphatic rings. The molecule has 0 aliphatic heterocycles. The summed E-state index contributed by atoms with van der Waals surface area (Å²) >= 11 is 0. The molecule has 6 nitrogen and oxygen atoms in total. The molecule has 1 aromatic heterocycles. The lowest BCUT2D eigenvalue weighted by molar-refractivity contribution is 0.271. The van der Waals surface area contributed by atoms with Crippen LogP contribution in [0.4, 0.5) is 5.69 Å². The van der Waals surface area contributed by atoms with Gasteiger partial charge < -0.3 is 10.5 Å². The van der Waals surface area contributed by atoms with Crippen LogP contribution in [0.3, 0.4) is 0 Å². The van der Waals surface area contributed by atoms with Crippen LogP contribution in [0.5, 0.6) is 5.75 Å². The van der Waals surface area contributed by atoms with Crippen molar-refractivity contribution in [2.45, 2.75) is 39.2 Å². The molecule has 1 heterocycles. The highest BCUT2D eigenvalue weighted by Gasteiger charge is 2.42. The molecular weight excluding hydrogens is 266 g/mol. The zero-order valence-corrected chi connectivity index (χ0v) is 12.7. The topological polar surface area (TPSA) is 78.8 Å². The van der Waals surface area contributed by atoms with Crippen molar-refractivity contribution in [2.24, 2.45) is 5.92 Å². The molecule has 21 heavy (non-hydrogen) atoms. The van der Waals surface area contributed by atoms with Crippen LogP contribution in [0.15, 0.2) is 18.2 Å². The average molecular weight is 287 g/mol. The lowest BCUT2D eigenvalue weighted by Crippen LogP contribution is -2.30. The second kappa shape index (κ2) is 5.02. The maximum Gasteiger partial charge on any atom is 0.186 e. The summed E-state index contributed by atoms with van der Waals surface area (Å²) in [6.07, 6.45) is 2.45. The van der Waals surface area contributed by atoms with Gasteiger partial charge in [0.1, 0.15) is 0 Å². The maximum atomic E-state index is 6.04. The largest absolute Gasteiger partial charge is 0.491 e. The molecule has 0 radical (unpaired) electrons. The summed E-state index contributed by atoms with van der Waals surface area (Å²) in [5.74, 6) is 1.99. The molecule has 0 saturated heterocycles. The van der Waals surface area contributed by atoms with Crippen molar-refractivity contribution < 1.29 is 4.74 Å². The summed E-state index contributed by atoms with van der Waals surface area (Å²) in [6, 6.07) is 5.68. The fraction of sp³-hybridized carbons (Fsp3) is 0.533. The third kappa shape index (κ3) is 2.34. The molecule has 112 valence electrons. The Balaban J connectivity index is 2.10. The normalized spacial score (nSPS) is 15.2.